The molecule has 3 nitrogen and oxygen atoms in total. The van der Waals surface area contributed by atoms with Crippen LogP contribution in [-0.2, 0) is 4.79 Å². The molecule has 0 heterocycles. The Balaban J connectivity index is 1.74. The van der Waals surface area contributed by atoms with Gasteiger partial charge in [-0.3, -0.25) is 4.79 Å². The third-order valence-electron chi connectivity index (χ3n) is 4.09. The molecule has 3 heteroatoms. The van der Waals surface area contributed by atoms with Crippen molar-refractivity contribution in [2.75, 3.05) is 13.7 Å². The van der Waals surface area contributed by atoms with Crippen LogP contribution in [0.4, 0.5) is 0 Å². The first kappa shape index (κ1) is 14.9. The molecule has 1 amide bonds. The Bertz CT molecular complexity index is 438. The lowest BCUT2D eigenvalue weighted by Gasteiger charge is -2.31. The molecule has 1 aliphatic carbocycles. The summed E-state index contributed by atoms with van der Waals surface area (Å²) in [6.07, 6.45) is 6.59. The van der Waals surface area contributed by atoms with Gasteiger partial charge in [-0.05, 0) is 37.5 Å². The van der Waals surface area contributed by atoms with E-state index in [0.29, 0.717) is 19.1 Å². The van der Waals surface area contributed by atoms with Gasteiger partial charge in [-0.15, -0.1) is 0 Å². The van der Waals surface area contributed by atoms with Crippen molar-refractivity contribution >= 4 is 5.91 Å². The van der Waals surface area contributed by atoms with E-state index in [9.17, 15) is 4.79 Å². The smallest absolute Gasteiger partial charge is 0.225 e. The molecule has 0 spiro atoms. The average molecular weight is 275 g/mol. The molecule has 20 heavy (non-hydrogen) atoms. The minimum absolute atomic E-state index is 0.199. The predicted octanol–water partition coefficient (Wildman–Crippen LogP) is 3.56. The number of ether oxygens (including phenoxy) is 1. The second-order valence-electron chi connectivity index (χ2n) is 5.71. The topological polar surface area (TPSA) is 29.5 Å². The first-order valence-electron chi connectivity index (χ1n) is 7.62. The molecule has 1 saturated carbocycles. The number of carbonyl (C=O) groups excluding carboxylic acids is 1. The number of hydrogen-bond donors (Lipinski definition) is 0. The number of hydrogen-bond acceptors (Lipinski definition) is 2. The molecule has 0 N–H and O–H groups in total. The van der Waals surface area contributed by atoms with Gasteiger partial charge in [0.25, 0.3) is 0 Å². The van der Waals surface area contributed by atoms with Gasteiger partial charge >= 0.3 is 0 Å². The molecule has 1 fully saturated rings. The van der Waals surface area contributed by atoms with Crippen molar-refractivity contribution in [3.8, 4) is 5.75 Å². The number of rotatable bonds is 5. The molecular formula is C17H25NO2. The van der Waals surface area contributed by atoms with E-state index < -0.39 is 0 Å². The zero-order chi connectivity index (χ0) is 14.4. The van der Waals surface area contributed by atoms with Crippen molar-refractivity contribution < 1.29 is 9.53 Å². The quantitative estimate of drug-likeness (QED) is 0.822. The Morgan fingerprint density at radius 1 is 1.30 bits per heavy atom. The zero-order valence-electron chi connectivity index (χ0n) is 12.6. The van der Waals surface area contributed by atoms with Gasteiger partial charge in [0.2, 0.25) is 5.91 Å². The van der Waals surface area contributed by atoms with Gasteiger partial charge in [0, 0.05) is 13.1 Å². The summed E-state index contributed by atoms with van der Waals surface area (Å²) in [6.45, 7) is 2.49. The van der Waals surface area contributed by atoms with E-state index in [4.69, 9.17) is 4.74 Å². The summed E-state index contributed by atoms with van der Waals surface area (Å²) in [4.78, 5) is 14.1. The molecule has 0 radical (unpaired) electrons. The first-order chi connectivity index (χ1) is 9.66. The Labute approximate surface area is 121 Å². The number of carbonyl (C=O) groups is 1. The van der Waals surface area contributed by atoms with Gasteiger partial charge in [-0.25, -0.2) is 0 Å². The van der Waals surface area contributed by atoms with Gasteiger partial charge in [-0.1, -0.05) is 31.4 Å². The lowest BCUT2D eigenvalue weighted by Crippen LogP contribution is -2.38. The second kappa shape index (κ2) is 7.32. The van der Waals surface area contributed by atoms with Crippen LogP contribution < -0.4 is 4.74 Å². The van der Waals surface area contributed by atoms with E-state index >= 15 is 0 Å². The third-order valence-corrected chi connectivity index (χ3v) is 4.09. The molecule has 1 aliphatic rings. The molecule has 0 saturated heterocycles. The highest BCUT2D eigenvalue weighted by atomic mass is 16.5. The third kappa shape index (κ3) is 4.26. The lowest BCUT2D eigenvalue weighted by molar-refractivity contribution is -0.133. The predicted molar refractivity (Wildman–Crippen MR) is 80.9 cm³/mol. The number of amides is 1. The zero-order valence-corrected chi connectivity index (χ0v) is 12.6. The Morgan fingerprint density at radius 2 is 2.05 bits per heavy atom. The molecule has 0 atom stereocenters. The van der Waals surface area contributed by atoms with Crippen LogP contribution in [0.1, 0.15) is 44.1 Å². The van der Waals surface area contributed by atoms with E-state index in [-0.39, 0.29) is 5.91 Å². The van der Waals surface area contributed by atoms with Crippen molar-refractivity contribution in [3.63, 3.8) is 0 Å². The van der Waals surface area contributed by atoms with Crippen molar-refractivity contribution in [1.29, 1.82) is 0 Å². The Hall–Kier alpha value is -1.51. The maximum atomic E-state index is 12.1. The highest BCUT2D eigenvalue weighted by Gasteiger charge is 2.21. The van der Waals surface area contributed by atoms with Crippen LogP contribution in [0, 0.1) is 6.92 Å². The normalized spacial score (nSPS) is 15.9. The molecule has 0 bridgehead atoms. The first-order valence-corrected chi connectivity index (χ1v) is 7.62. The lowest BCUT2D eigenvalue weighted by atomic mass is 9.94. The Kier molecular flexibility index (Phi) is 5.45. The number of nitrogens with zero attached hydrogens (tertiary/aromatic N) is 1. The Morgan fingerprint density at radius 3 is 2.75 bits per heavy atom. The van der Waals surface area contributed by atoms with Crippen molar-refractivity contribution in [1.82, 2.24) is 4.90 Å². The minimum atomic E-state index is 0.199. The summed E-state index contributed by atoms with van der Waals surface area (Å²) >= 11 is 0. The molecule has 1 aromatic carbocycles. The average Bonchev–Trinajstić information content (AvgIpc) is 2.47. The minimum Gasteiger partial charge on any atom is -0.493 e. The van der Waals surface area contributed by atoms with Gasteiger partial charge in [-0.2, -0.15) is 0 Å². The summed E-state index contributed by atoms with van der Waals surface area (Å²) in [5.41, 5.74) is 1.17. The van der Waals surface area contributed by atoms with Crippen molar-refractivity contribution in [2.24, 2.45) is 0 Å². The fraction of sp³-hybridized carbons (Fsp3) is 0.588. The largest absolute Gasteiger partial charge is 0.493 e. The van der Waals surface area contributed by atoms with Gasteiger partial charge in [0.05, 0.1) is 13.0 Å². The van der Waals surface area contributed by atoms with Crippen LogP contribution in [0.25, 0.3) is 0 Å². The monoisotopic (exact) mass is 275 g/mol. The summed E-state index contributed by atoms with van der Waals surface area (Å²) in [5.74, 6) is 1.04. The van der Waals surface area contributed by atoms with E-state index in [2.05, 4.69) is 0 Å². The van der Waals surface area contributed by atoms with Crippen molar-refractivity contribution in [3.05, 3.63) is 29.8 Å². The van der Waals surface area contributed by atoms with Crippen LogP contribution in [0.2, 0.25) is 0 Å². The van der Waals surface area contributed by atoms with Crippen LogP contribution in [-0.4, -0.2) is 30.5 Å². The van der Waals surface area contributed by atoms with Crippen LogP contribution in [0.3, 0.4) is 0 Å². The van der Waals surface area contributed by atoms with Crippen LogP contribution in [0.5, 0.6) is 5.75 Å². The van der Waals surface area contributed by atoms with Crippen LogP contribution >= 0.6 is 0 Å². The summed E-state index contributed by atoms with van der Waals surface area (Å²) in [6, 6.07) is 8.38. The van der Waals surface area contributed by atoms with E-state index in [0.717, 1.165) is 18.6 Å². The summed E-state index contributed by atoms with van der Waals surface area (Å²) < 4.78 is 5.65. The van der Waals surface area contributed by atoms with Crippen molar-refractivity contribution in [2.45, 2.75) is 51.5 Å². The van der Waals surface area contributed by atoms with Crippen LogP contribution in [0.15, 0.2) is 24.3 Å². The molecule has 0 unspecified atom stereocenters. The number of aryl methyl sites for hydroxylation is 1. The SMILES string of the molecule is Cc1cccc(OCCC(=O)N(C)C2CCCCC2)c1. The van der Waals surface area contributed by atoms with E-state index in [1.807, 2.05) is 43.1 Å². The highest BCUT2D eigenvalue weighted by molar-refractivity contribution is 5.76. The second-order valence-corrected chi connectivity index (χ2v) is 5.71. The molecule has 0 aliphatic heterocycles. The molecule has 110 valence electrons. The molecule has 2 rings (SSSR count). The van der Waals surface area contributed by atoms with Gasteiger partial charge < -0.3 is 9.64 Å². The molecular weight excluding hydrogens is 250 g/mol. The maximum absolute atomic E-state index is 12.1. The van der Waals surface area contributed by atoms with Gasteiger partial charge in [0.15, 0.2) is 0 Å². The van der Waals surface area contributed by atoms with Gasteiger partial charge in [0.1, 0.15) is 5.75 Å². The fourth-order valence-corrected chi connectivity index (χ4v) is 2.81. The molecule has 0 aromatic heterocycles. The fourth-order valence-electron chi connectivity index (χ4n) is 2.81. The standard InChI is InChI=1S/C17H25NO2/c1-14-7-6-10-16(13-14)20-12-11-17(19)18(2)15-8-4-3-5-9-15/h6-7,10,13,15H,3-5,8-9,11-12H2,1-2H3. The maximum Gasteiger partial charge on any atom is 0.225 e. The summed E-state index contributed by atoms with van der Waals surface area (Å²) in [5, 5.41) is 0. The highest BCUT2D eigenvalue weighted by Crippen LogP contribution is 2.22. The summed E-state index contributed by atoms with van der Waals surface area (Å²) in [7, 11) is 1.94. The molecule has 1 aromatic rings. The van der Waals surface area contributed by atoms with E-state index in [1.54, 1.807) is 0 Å². The van der Waals surface area contributed by atoms with E-state index in [1.165, 1.54) is 24.8 Å². The number of benzene rings is 1.